The lowest BCUT2D eigenvalue weighted by Crippen LogP contribution is -2.38. The van der Waals surface area contributed by atoms with Crippen LogP contribution in [0.25, 0.3) is 0 Å². The van der Waals surface area contributed by atoms with Crippen LogP contribution in [0.1, 0.15) is 43.7 Å². The molecule has 0 unspecified atom stereocenters. The van der Waals surface area contributed by atoms with Crippen LogP contribution in [0.2, 0.25) is 0 Å². The highest BCUT2D eigenvalue weighted by Crippen LogP contribution is 2.27. The number of aromatic nitrogens is 1. The number of methoxy groups -OCH3 is 1. The van der Waals surface area contributed by atoms with Crippen LogP contribution in [0.4, 0.5) is 16.3 Å². The van der Waals surface area contributed by atoms with Gasteiger partial charge in [-0.15, -0.1) is 0 Å². The fourth-order valence-corrected chi connectivity index (χ4v) is 4.49. The predicted molar refractivity (Wildman–Crippen MR) is 124 cm³/mol. The number of nitrogens with zero attached hydrogens (tertiary/aromatic N) is 3. The van der Waals surface area contributed by atoms with E-state index in [4.69, 9.17) is 4.74 Å². The van der Waals surface area contributed by atoms with Crippen LogP contribution in [-0.2, 0) is 0 Å². The van der Waals surface area contributed by atoms with Gasteiger partial charge in [0.25, 0.3) is 0 Å². The van der Waals surface area contributed by atoms with Crippen molar-refractivity contribution in [3.63, 3.8) is 0 Å². The van der Waals surface area contributed by atoms with Gasteiger partial charge in [0.15, 0.2) is 0 Å². The highest BCUT2D eigenvalue weighted by molar-refractivity contribution is 5.89. The second kappa shape index (κ2) is 10.5. The standard InChI is InChI=1S/C24H33N5O2/c1-31-21-9-7-8-19(16-21)22(28-12-5-6-13-28)18-26-24(30)27-20-10-11-23(25-17-20)29-14-3-2-4-15-29/h7-11,16-17,22H,2-6,12-15,18H2,1H3,(H2,26,27,30)/t22-/m1/s1. The van der Waals surface area contributed by atoms with E-state index in [0.717, 1.165) is 43.3 Å². The Hall–Kier alpha value is -2.80. The van der Waals surface area contributed by atoms with Gasteiger partial charge in [-0.05, 0) is 75.0 Å². The van der Waals surface area contributed by atoms with E-state index in [-0.39, 0.29) is 12.1 Å². The number of nitrogens with one attached hydrogen (secondary N) is 2. The summed E-state index contributed by atoms with van der Waals surface area (Å²) in [6.45, 7) is 4.75. The van der Waals surface area contributed by atoms with Crippen molar-refractivity contribution >= 4 is 17.5 Å². The number of benzene rings is 1. The molecule has 1 aromatic heterocycles. The molecule has 0 aliphatic carbocycles. The van der Waals surface area contributed by atoms with Gasteiger partial charge in [0.1, 0.15) is 11.6 Å². The van der Waals surface area contributed by atoms with Crippen molar-refractivity contribution < 1.29 is 9.53 Å². The van der Waals surface area contributed by atoms with E-state index in [1.165, 1.54) is 32.1 Å². The number of ether oxygens (including phenoxy) is 1. The van der Waals surface area contributed by atoms with Gasteiger partial charge in [-0.3, -0.25) is 4.90 Å². The van der Waals surface area contributed by atoms with Crippen molar-refractivity contribution in [3.05, 3.63) is 48.2 Å². The summed E-state index contributed by atoms with van der Waals surface area (Å²) in [5, 5.41) is 5.97. The maximum atomic E-state index is 12.6. The Morgan fingerprint density at radius 2 is 1.84 bits per heavy atom. The molecule has 2 fully saturated rings. The lowest BCUT2D eigenvalue weighted by atomic mass is 10.1. The van der Waals surface area contributed by atoms with Gasteiger partial charge >= 0.3 is 6.03 Å². The average Bonchev–Trinajstić information content (AvgIpc) is 3.35. The Kier molecular flexibility index (Phi) is 7.25. The zero-order valence-electron chi connectivity index (χ0n) is 18.3. The van der Waals surface area contributed by atoms with Crippen LogP contribution in [0.15, 0.2) is 42.6 Å². The third-order valence-electron chi connectivity index (χ3n) is 6.20. The van der Waals surface area contributed by atoms with Gasteiger partial charge in [0.05, 0.1) is 25.0 Å². The third kappa shape index (κ3) is 5.67. The molecule has 2 N–H and O–H groups in total. The summed E-state index contributed by atoms with van der Waals surface area (Å²) < 4.78 is 5.40. The monoisotopic (exact) mass is 423 g/mol. The number of amides is 2. The summed E-state index contributed by atoms with van der Waals surface area (Å²) >= 11 is 0. The van der Waals surface area contributed by atoms with Crippen LogP contribution >= 0.6 is 0 Å². The molecular weight excluding hydrogens is 390 g/mol. The summed E-state index contributed by atoms with van der Waals surface area (Å²) in [5.41, 5.74) is 1.87. The molecule has 0 bridgehead atoms. The summed E-state index contributed by atoms with van der Waals surface area (Å²) in [5.74, 6) is 1.82. The molecule has 166 valence electrons. The van der Waals surface area contributed by atoms with Crippen molar-refractivity contribution in [3.8, 4) is 5.75 Å². The number of carbonyl (C=O) groups is 1. The molecule has 7 heteroatoms. The van der Waals surface area contributed by atoms with Crippen molar-refractivity contribution in [2.24, 2.45) is 0 Å². The molecule has 7 nitrogen and oxygen atoms in total. The number of urea groups is 1. The smallest absolute Gasteiger partial charge is 0.319 e. The minimum absolute atomic E-state index is 0.128. The molecule has 4 rings (SSSR count). The fourth-order valence-electron chi connectivity index (χ4n) is 4.49. The number of pyridine rings is 1. The van der Waals surface area contributed by atoms with E-state index in [9.17, 15) is 4.79 Å². The van der Waals surface area contributed by atoms with Crippen LogP contribution in [0.3, 0.4) is 0 Å². The minimum atomic E-state index is -0.209. The van der Waals surface area contributed by atoms with Crippen molar-refractivity contribution in [1.29, 1.82) is 0 Å². The summed E-state index contributed by atoms with van der Waals surface area (Å²) in [6.07, 6.45) is 7.86. The van der Waals surface area contributed by atoms with Gasteiger partial charge in [-0.2, -0.15) is 0 Å². The normalized spacial score (nSPS) is 17.9. The quantitative estimate of drug-likeness (QED) is 0.703. The molecule has 31 heavy (non-hydrogen) atoms. The molecule has 2 aliphatic heterocycles. The van der Waals surface area contributed by atoms with E-state index >= 15 is 0 Å². The Balaban J connectivity index is 1.35. The maximum Gasteiger partial charge on any atom is 0.319 e. The molecule has 2 aromatic rings. The molecule has 1 atom stereocenters. The third-order valence-corrected chi connectivity index (χ3v) is 6.20. The number of anilines is 2. The Labute approximate surface area is 184 Å². The SMILES string of the molecule is COc1cccc([C@@H](CNC(=O)Nc2ccc(N3CCCCC3)nc2)N2CCCC2)c1. The largest absolute Gasteiger partial charge is 0.497 e. The van der Waals surface area contributed by atoms with Crippen molar-refractivity contribution in [2.45, 2.75) is 38.1 Å². The molecule has 0 saturated carbocycles. The van der Waals surface area contributed by atoms with E-state index in [1.54, 1.807) is 13.3 Å². The molecule has 0 radical (unpaired) electrons. The first-order valence-corrected chi connectivity index (χ1v) is 11.4. The zero-order chi connectivity index (χ0) is 21.5. The number of likely N-dealkylation sites (tertiary alicyclic amines) is 1. The molecule has 0 spiro atoms. The summed E-state index contributed by atoms with van der Waals surface area (Å²) in [6, 6.07) is 12.0. The molecular formula is C24H33N5O2. The van der Waals surface area contributed by atoms with E-state index in [1.807, 2.05) is 24.3 Å². The van der Waals surface area contributed by atoms with Crippen LogP contribution in [-0.4, -0.2) is 55.7 Å². The van der Waals surface area contributed by atoms with E-state index in [0.29, 0.717) is 12.2 Å². The highest BCUT2D eigenvalue weighted by atomic mass is 16.5. The first-order valence-electron chi connectivity index (χ1n) is 11.4. The fraction of sp³-hybridized carbons (Fsp3) is 0.500. The van der Waals surface area contributed by atoms with Gasteiger partial charge < -0.3 is 20.3 Å². The Morgan fingerprint density at radius 3 is 2.55 bits per heavy atom. The second-order valence-corrected chi connectivity index (χ2v) is 8.32. The summed E-state index contributed by atoms with van der Waals surface area (Å²) in [7, 11) is 1.68. The molecule has 2 amide bonds. The van der Waals surface area contributed by atoms with E-state index < -0.39 is 0 Å². The summed E-state index contributed by atoms with van der Waals surface area (Å²) in [4.78, 5) is 21.9. The second-order valence-electron chi connectivity index (χ2n) is 8.32. The average molecular weight is 424 g/mol. The molecule has 1 aromatic carbocycles. The maximum absolute atomic E-state index is 12.6. The molecule has 2 saturated heterocycles. The number of hydrogen-bond donors (Lipinski definition) is 2. The van der Waals surface area contributed by atoms with Crippen molar-refractivity contribution in [2.75, 3.05) is 50.1 Å². The van der Waals surface area contributed by atoms with Gasteiger partial charge in [-0.1, -0.05) is 12.1 Å². The molecule has 2 aliphatic rings. The van der Waals surface area contributed by atoms with Crippen LogP contribution in [0, 0.1) is 0 Å². The zero-order valence-corrected chi connectivity index (χ0v) is 18.3. The lowest BCUT2D eigenvalue weighted by Gasteiger charge is -2.28. The predicted octanol–water partition coefficient (Wildman–Crippen LogP) is 4.04. The molecule has 3 heterocycles. The van der Waals surface area contributed by atoms with Gasteiger partial charge in [-0.25, -0.2) is 9.78 Å². The van der Waals surface area contributed by atoms with Gasteiger partial charge in [0.2, 0.25) is 0 Å². The van der Waals surface area contributed by atoms with Crippen LogP contribution in [0.5, 0.6) is 5.75 Å². The van der Waals surface area contributed by atoms with E-state index in [2.05, 4.69) is 37.6 Å². The highest BCUT2D eigenvalue weighted by Gasteiger charge is 2.24. The van der Waals surface area contributed by atoms with Gasteiger partial charge in [0, 0.05) is 19.6 Å². The first kappa shape index (κ1) is 21.4. The van der Waals surface area contributed by atoms with Crippen molar-refractivity contribution in [1.82, 2.24) is 15.2 Å². The topological polar surface area (TPSA) is 69.7 Å². The number of hydrogen-bond acceptors (Lipinski definition) is 5. The number of carbonyl (C=O) groups excluding carboxylic acids is 1. The number of rotatable bonds is 7. The Morgan fingerprint density at radius 1 is 1.06 bits per heavy atom. The van der Waals surface area contributed by atoms with Crippen LogP contribution < -0.4 is 20.3 Å². The minimum Gasteiger partial charge on any atom is -0.497 e. The Bertz CT molecular complexity index is 845. The first-order chi connectivity index (χ1) is 15.2. The lowest BCUT2D eigenvalue weighted by molar-refractivity contribution is 0.227. The number of piperidine rings is 1.